The van der Waals surface area contributed by atoms with Gasteiger partial charge in [-0.3, -0.25) is 0 Å². The van der Waals surface area contributed by atoms with Crippen molar-refractivity contribution in [2.45, 2.75) is 62.4 Å². The molecule has 0 heterocycles. The first-order valence-corrected chi connectivity index (χ1v) is 10.7. The van der Waals surface area contributed by atoms with E-state index in [0.29, 0.717) is 23.5 Å². The van der Waals surface area contributed by atoms with Gasteiger partial charge in [-0.1, -0.05) is 6.92 Å². The quantitative estimate of drug-likeness (QED) is 0.843. The summed E-state index contributed by atoms with van der Waals surface area (Å²) in [6.45, 7) is 2.24. The molecule has 0 aliphatic heterocycles. The third-order valence-electron chi connectivity index (χ3n) is 7.27. The van der Waals surface area contributed by atoms with Gasteiger partial charge in [0, 0.05) is 0 Å². The van der Waals surface area contributed by atoms with Crippen LogP contribution in [0.5, 0.6) is 5.75 Å². The Morgan fingerprint density at radius 3 is 2.68 bits per heavy atom. The summed E-state index contributed by atoms with van der Waals surface area (Å²) < 4.78 is 29.3. The predicted molar refractivity (Wildman–Crippen MR) is 95.0 cm³/mol. The van der Waals surface area contributed by atoms with Crippen molar-refractivity contribution < 1.29 is 18.3 Å². The molecule has 2 fully saturated rings. The van der Waals surface area contributed by atoms with Gasteiger partial charge < -0.3 is 9.84 Å². The molecule has 0 spiro atoms. The zero-order valence-corrected chi connectivity index (χ0v) is 15.7. The van der Waals surface area contributed by atoms with Crippen LogP contribution in [0.2, 0.25) is 0 Å². The minimum Gasteiger partial charge on any atom is -0.495 e. The highest BCUT2D eigenvalue weighted by molar-refractivity contribution is 7.89. The summed E-state index contributed by atoms with van der Waals surface area (Å²) in [6, 6.07) is 3.62. The monoisotopic (exact) mass is 365 g/mol. The number of methoxy groups -OCH3 is 1. The molecule has 138 valence electrons. The number of sulfonamides is 1. The molecule has 0 radical (unpaired) electrons. The van der Waals surface area contributed by atoms with Crippen molar-refractivity contribution >= 4 is 10.0 Å². The molecule has 25 heavy (non-hydrogen) atoms. The number of benzene rings is 1. The molecule has 0 unspecified atom stereocenters. The standard InChI is InChI=1S/C19H27NO4S/c1-19-8-7-12-13(15(19)5-6-18(19)21)4-3-11-9-16(24-2)17(10-14(11)12)25(20,22)23/h9-10,12-13,15,18,21H,3-8H2,1-2H3,(H2,20,22,23)/t12-,13+,15-,18-,19-/m0/s1. The first kappa shape index (κ1) is 17.3. The van der Waals surface area contributed by atoms with Crippen LogP contribution in [-0.2, 0) is 16.4 Å². The lowest BCUT2D eigenvalue weighted by Gasteiger charge is -2.50. The van der Waals surface area contributed by atoms with Gasteiger partial charge >= 0.3 is 0 Å². The Morgan fingerprint density at radius 2 is 2.00 bits per heavy atom. The first-order chi connectivity index (χ1) is 11.8. The van der Waals surface area contributed by atoms with E-state index < -0.39 is 10.0 Å². The molecule has 0 amide bonds. The van der Waals surface area contributed by atoms with E-state index in [1.807, 2.05) is 6.07 Å². The highest BCUT2D eigenvalue weighted by Crippen LogP contribution is 2.61. The van der Waals surface area contributed by atoms with Crippen LogP contribution in [0.25, 0.3) is 0 Å². The molecule has 3 aliphatic carbocycles. The minimum atomic E-state index is -3.82. The predicted octanol–water partition coefficient (Wildman–Crippen LogP) is 2.56. The van der Waals surface area contributed by atoms with Crippen molar-refractivity contribution in [2.24, 2.45) is 22.4 Å². The van der Waals surface area contributed by atoms with Crippen LogP contribution in [-0.4, -0.2) is 26.7 Å². The van der Waals surface area contributed by atoms with Gasteiger partial charge in [-0.25, -0.2) is 13.6 Å². The second kappa shape index (κ2) is 5.69. The average molecular weight is 365 g/mol. The number of rotatable bonds is 2. The number of nitrogens with two attached hydrogens (primary N) is 1. The second-order valence-electron chi connectivity index (χ2n) is 8.30. The van der Waals surface area contributed by atoms with E-state index in [2.05, 4.69) is 6.92 Å². The van der Waals surface area contributed by atoms with E-state index >= 15 is 0 Å². The normalized spacial score (nSPS) is 37.1. The summed E-state index contributed by atoms with van der Waals surface area (Å²) in [6.07, 6.45) is 5.79. The highest BCUT2D eigenvalue weighted by Gasteiger charge is 2.54. The Bertz CT molecular complexity index is 806. The zero-order chi connectivity index (χ0) is 18.0. The van der Waals surface area contributed by atoms with Crippen molar-refractivity contribution in [1.29, 1.82) is 0 Å². The summed E-state index contributed by atoms with van der Waals surface area (Å²) >= 11 is 0. The number of aliphatic hydroxyl groups excluding tert-OH is 1. The SMILES string of the molecule is COc1cc2c(cc1S(N)(=O)=O)[C@H]1CC[C@]3(C)[C@@H](O)CC[C@H]3[C@@H]1CC2. The first-order valence-electron chi connectivity index (χ1n) is 9.17. The third-order valence-corrected chi connectivity index (χ3v) is 8.20. The molecule has 2 saturated carbocycles. The number of aliphatic hydroxyl groups is 1. The molecule has 5 atom stereocenters. The Hall–Kier alpha value is -1.11. The van der Waals surface area contributed by atoms with Crippen LogP contribution in [0.3, 0.4) is 0 Å². The van der Waals surface area contributed by atoms with E-state index in [1.165, 1.54) is 12.7 Å². The van der Waals surface area contributed by atoms with Gasteiger partial charge in [0.1, 0.15) is 10.6 Å². The van der Waals surface area contributed by atoms with Crippen molar-refractivity contribution in [3.05, 3.63) is 23.3 Å². The molecule has 1 aromatic carbocycles. The second-order valence-corrected chi connectivity index (χ2v) is 9.83. The summed E-state index contributed by atoms with van der Waals surface area (Å²) in [7, 11) is -2.34. The zero-order valence-electron chi connectivity index (χ0n) is 14.9. The fourth-order valence-corrected chi connectivity index (χ4v) is 6.65. The van der Waals surface area contributed by atoms with E-state index in [-0.39, 0.29) is 16.4 Å². The number of hydrogen-bond acceptors (Lipinski definition) is 4. The van der Waals surface area contributed by atoms with Gasteiger partial charge in [0.25, 0.3) is 0 Å². The van der Waals surface area contributed by atoms with Gasteiger partial charge in [0.05, 0.1) is 13.2 Å². The minimum absolute atomic E-state index is 0.0217. The molecule has 3 N–H and O–H groups in total. The number of hydrogen-bond donors (Lipinski definition) is 2. The maximum absolute atomic E-state index is 12.0. The molecule has 0 bridgehead atoms. The topological polar surface area (TPSA) is 89.6 Å². The fraction of sp³-hybridized carbons (Fsp3) is 0.684. The third kappa shape index (κ3) is 2.53. The summed E-state index contributed by atoms with van der Waals surface area (Å²) in [4.78, 5) is 0.0918. The van der Waals surface area contributed by atoms with Crippen molar-refractivity contribution in [1.82, 2.24) is 0 Å². The maximum Gasteiger partial charge on any atom is 0.241 e. The molecule has 6 heteroatoms. The molecule has 0 aromatic heterocycles. The van der Waals surface area contributed by atoms with Crippen molar-refractivity contribution in [3.63, 3.8) is 0 Å². The number of ether oxygens (including phenoxy) is 1. The van der Waals surface area contributed by atoms with Crippen LogP contribution in [0, 0.1) is 17.3 Å². The van der Waals surface area contributed by atoms with Crippen LogP contribution in [0.4, 0.5) is 0 Å². The molecule has 0 saturated heterocycles. The van der Waals surface area contributed by atoms with Gasteiger partial charge in [-0.2, -0.15) is 0 Å². The Balaban J connectivity index is 1.78. The molecule has 4 rings (SSSR count). The smallest absolute Gasteiger partial charge is 0.241 e. The highest BCUT2D eigenvalue weighted by atomic mass is 32.2. The molecule has 5 nitrogen and oxygen atoms in total. The van der Waals surface area contributed by atoms with Crippen LogP contribution >= 0.6 is 0 Å². The molecular weight excluding hydrogens is 338 g/mol. The Labute approximate surface area is 149 Å². The lowest BCUT2D eigenvalue weighted by Crippen LogP contribution is -2.44. The summed E-state index contributed by atoms with van der Waals surface area (Å²) in [5, 5.41) is 15.9. The summed E-state index contributed by atoms with van der Waals surface area (Å²) in [5.74, 6) is 1.75. The van der Waals surface area contributed by atoms with Gasteiger partial charge in [-0.05, 0) is 85.0 Å². The molecule has 3 aliphatic rings. The van der Waals surface area contributed by atoms with Crippen LogP contribution < -0.4 is 9.88 Å². The number of aryl methyl sites for hydroxylation is 1. The van der Waals surface area contributed by atoms with Crippen molar-refractivity contribution in [3.8, 4) is 5.75 Å². The van der Waals surface area contributed by atoms with E-state index in [0.717, 1.165) is 44.1 Å². The van der Waals surface area contributed by atoms with Gasteiger partial charge in [0.15, 0.2) is 0 Å². The molecular formula is C19H27NO4S. The Kier molecular flexibility index (Phi) is 3.94. The largest absolute Gasteiger partial charge is 0.495 e. The van der Waals surface area contributed by atoms with Gasteiger partial charge in [-0.15, -0.1) is 0 Å². The molecule has 1 aromatic rings. The number of primary sulfonamides is 1. The number of fused-ring (bicyclic) bond motifs is 5. The average Bonchev–Trinajstić information content (AvgIpc) is 2.88. The lowest BCUT2D eigenvalue weighted by atomic mass is 9.55. The Morgan fingerprint density at radius 1 is 1.24 bits per heavy atom. The fourth-order valence-electron chi connectivity index (χ4n) is 5.93. The summed E-state index contributed by atoms with van der Waals surface area (Å²) in [5.41, 5.74) is 2.34. The van der Waals surface area contributed by atoms with E-state index in [9.17, 15) is 13.5 Å². The van der Waals surface area contributed by atoms with E-state index in [1.54, 1.807) is 6.07 Å². The maximum atomic E-state index is 12.0. The van der Waals surface area contributed by atoms with Crippen LogP contribution in [0.15, 0.2) is 17.0 Å². The van der Waals surface area contributed by atoms with Crippen LogP contribution in [0.1, 0.15) is 56.1 Å². The van der Waals surface area contributed by atoms with Gasteiger partial charge in [0.2, 0.25) is 10.0 Å². The van der Waals surface area contributed by atoms with Crippen molar-refractivity contribution in [2.75, 3.05) is 7.11 Å². The van der Waals surface area contributed by atoms with E-state index in [4.69, 9.17) is 9.88 Å². The lowest BCUT2D eigenvalue weighted by molar-refractivity contribution is -0.0226.